The number of phenols is 1. The van der Waals surface area contributed by atoms with E-state index in [0.717, 1.165) is 59.5 Å². The summed E-state index contributed by atoms with van der Waals surface area (Å²) in [4.78, 5) is 15.9. The van der Waals surface area contributed by atoms with Gasteiger partial charge in [0.15, 0.2) is 0 Å². The molecule has 0 spiro atoms. The fourth-order valence-electron chi connectivity index (χ4n) is 8.05. The van der Waals surface area contributed by atoms with Crippen LogP contribution in [0.1, 0.15) is 60.0 Å². The highest BCUT2D eigenvalue weighted by atomic mass is 19.1. The normalized spacial score (nSPS) is 32.4. The molecule has 1 aromatic heterocycles. The second kappa shape index (κ2) is 10.4. The molecule has 8 nitrogen and oxygen atoms in total. The number of hydrogen-bond acceptors (Lipinski definition) is 8. The monoisotopic (exact) mass is 593 g/mol. The van der Waals surface area contributed by atoms with Crippen LogP contribution in [0.3, 0.4) is 0 Å². The van der Waals surface area contributed by atoms with Crippen LogP contribution in [-0.4, -0.2) is 83.0 Å². The van der Waals surface area contributed by atoms with Gasteiger partial charge in [-0.3, -0.25) is 4.90 Å². The number of benzene rings is 2. The van der Waals surface area contributed by atoms with Crippen LogP contribution in [0.15, 0.2) is 24.3 Å². The van der Waals surface area contributed by atoms with E-state index in [1.54, 1.807) is 18.2 Å². The minimum absolute atomic E-state index is 0.0110. The van der Waals surface area contributed by atoms with Gasteiger partial charge < -0.3 is 25.0 Å². The summed E-state index contributed by atoms with van der Waals surface area (Å²) in [6.45, 7) is 2.66. The average molecular weight is 594 g/mol. The first kappa shape index (κ1) is 24.1. The zero-order chi connectivity index (χ0) is 32.0. The van der Waals surface area contributed by atoms with Crippen molar-refractivity contribution in [2.24, 2.45) is 0 Å². The van der Waals surface area contributed by atoms with Gasteiger partial charge in [0.25, 0.3) is 0 Å². The number of nitrogens with zero attached hydrogens (tertiary/aromatic N) is 5. The highest BCUT2D eigenvalue weighted by Crippen LogP contribution is 2.42. The maximum absolute atomic E-state index is 15.0. The van der Waals surface area contributed by atoms with Crippen molar-refractivity contribution < 1.29 is 22.7 Å². The second-order valence-corrected chi connectivity index (χ2v) is 12.8. The summed E-state index contributed by atoms with van der Waals surface area (Å²) >= 11 is 0. The molecule has 5 saturated heterocycles. The highest BCUT2D eigenvalue weighted by Gasteiger charge is 2.49. The molecular formula is C33H40F2N6O2. The van der Waals surface area contributed by atoms with Crippen molar-refractivity contribution in [3.63, 3.8) is 0 Å². The molecular weight excluding hydrogens is 550 g/mol. The number of rotatable bonds is 6. The standard InChI is InChI=1S/C33H40F2N6O2/c1-2-25-27(35)7-4-20-12-24(42)13-29(30(20)25)39-11-8-26-28(18-39)37-32(38-31(26)41-17-22-5-6-23(41)15-36-22)43-19-33-9-3-10-40(33)16-21(34)14-33/h4,7,12-13,21-23,36,42H,2-3,5-6,8-11,14-19H2,1H3/t21-,22?,23?,33+/m1/s1/i10D2,21D. The van der Waals surface area contributed by atoms with Gasteiger partial charge in [0.2, 0.25) is 0 Å². The number of halogens is 2. The predicted octanol–water partition coefficient (Wildman–Crippen LogP) is 4.50. The maximum atomic E-state index is 15.0. The van der Waals surface area contributed by atoms with Gasteiger partial charge in [-0.1, -0.05) is 13.0 Å². The summed E-state index contributed by atoms with van der Waals surface area (Å²) in [7, 11) is 0. The lowest BCUT2D eigenvalue weighted by molar-refractivity contribution is 0.107. The molecule has 2 aromatic carbocycles. The molecule has 5 fully saturated rings. The Bertz CT molecular complexity index is 1700. The Morgan fingerprint density at radius 3 is 2.95 bits per heavy atom. The summed E-state index contributed by atoms with van der Waals surface area (Å²) in [6.07, 6.45) is 1.60. The summed E-state index contributed by atoms with van der Waals surface area (Å²) < 4.78 is 61.3. The predicted molar refractivity (Wildman–Crippen MR) is 162 cm³/mol. The molecule has 0 amide bonds. The van der Waals surface area contributed by atoms with E-state index in [4.69, 9.17) is 18.8 Å². The van der Waals surface area contributed by atoms with Gasteiger partial charge >= 0.3 is 6.01 Å². The highest BCUT2D eigenvalue weighted by molar-refractivity contribution is 5.98. The molecule has 0 saturated carbocycles. The number of nitrogens with one attached hydrogen (secondary N) is 1. The Morgan fingerprint density at radius 1 is 1.26 bits per heavy atom. The van der Waals surface area contributed by atoms with E-state index in [-0.39, 0.29) is 43.6 Å². The largest absolute Gasteiger partial charge is 0.508 e. The lowest BCUT2D eigenvalue weighted by atomic mass is 9.92. The molecule has 2 N–H and O–H groups in total. The van der Waals surface area contributed by atoms with Crippen molar-refractivity contribution in [3.05, 3.63) is 46.9 Å². The summed E-state index contributed by atoms with van der Waals surface area (Å²) in [5.74, 6) is 0.691. The van der Waals surface area contributed by atoms with Gasteiger partial charge in [-0.25, -0.2) is 8.78 Å². The third-order valence-corrected chi connectivity index (χ3v) is 10.3. The topological polar surface area (TPSA) is 77.0 Å². The van der Waals surface area contributed by atoms with Crippen LogP contribution in [0.4, 0.5) is 20.3 Å². The fraction of sp³-hybridized carbons (Fsp3) is 0.576. The Balaban J connectivity index is 1.17. The summed E-state index contributed by atoms with van der Waals surface area (Å²) in [5, 5.41) is 15.8. The van der Waals surface area contributed by atoms with Crippen molar-refractivity contribution in [3.8, 4) is 11.8 Å². The molecule has 0 radical (unpaired) electrons. The number of piperidine rings is 2. The molecule has 6 aliphatic rings. The first-order valence-corrected chi connectivity index (χ1v) is 15.6. The van der Waals surface area contributed by atoms with Crippen LogP contribution in [0.25, 0.3) is 10.8 Å². The molecule has 228 valence electrons. The number of hydrogen-bond donors (Lipinski definition) is 2. The number of phenolic OH excluding ortho intramolecular Hbond substituents is 1. The van der Waals surface area contributed by atoms with Crippen molar-refractivity contribution in [2.75, 3.05) is 49.1 Å². The van der Waals surface area contributed by atoms with Gasteiger partial charge in [0, 0.05) is 70.1 Å². The third kappa shape index (κ3) is 4.60. The maximum Gasteiger partial charge on any atom is 0.318 e. The zero-order valence-electron chi connectivity index (χ0n) is 27.5. The zero-order valence-corrected chi connectivity index (χ0v) is 24.5. The van der Waals surface area contributed by atoms with Gasteiger partial charge in [0.1, 0.15) is 30.1 Å². The van der Waals surface area contributed by atoms with Crippen LogP contribution in [-0.2, 0) is 19.4 Å². The van der Waals surface area contributed by atoms with Gasteiger partial charge in [-0.05, 0) is 68.1 Å². The first-order chi connectivity index (χ1) is 22.0. The Labute approximate surface area is 255 Å². The fourth-order valence-corrected chi connectivity index (χ4v) is 8.05. The minimum atomic E-state index is -2.25. The van der Waals surface area contributed by atoms with E-state index in [1.807, 2.05) is 6.92 Å². The van der Waals surface area contributed by atoms with Gasteiger partial charge in [-0.2, -0.15) is 9.97 Å². The molecule has 2 bridgehead atoms. The number of aryl methyl sites for hydroxylation is 1. The van der Waals surface area contributed by atoms with Crippen molar-refractivity contribution in [2.45, 2.75) is 82.2 Å². The average Bonchev–Trinajstić information content (AvgIpc) is 3.46. The van der Waals surface area contributed by atoms with E-state index in [0.29, 0.717) is 50.0 Å². The third-order valence-electron chi connectivity index (χ3n) is 10.3. The number of alkyl halides is 1. The van der Waals surface area contributed by atoms with E-state index in [2.05, 4.69) is 15.1 Å². The van der Waals surface area contributed by atoms with Crippen molar-refractivity contribution in [1.29, 1.82) is 0 Å². The summed E-state index contributed by atoms with van der Waals surface area (Å²) in [5.41, 5.74) is 2.26. The number of aromatic hydroxyl groups is 1. The smallest absolute Gasteiger partial charge is 0.318 e. The van der Waals surface area contributed by atoms with Crippen LogP contribution < -0.4 is 19.9 Å². The van der Waals surface area contributed by atoms with E-state index < -0.39 is 18.2 Å². The molecule has 7 heterocycles. The van der Waals surface area contributed by atoms with Crippen LogP contribution in [0.2, 0.25) is 0 Å². The SMILES string of the molecule is [2H]C1([2H])CC[C@@]2(COc3nc4c(c(N5CC6CCC5CN6)n3)CCN(c3cc(O)cc5ccc(F)c(CC)c35)C4)C[C@@]([2H])(F)CN12. The molecule has 4 atom stereocenters. The van der Waals surface area contributed by atoms with Crippen LogP contribution in [0, 0.1) is 5.82 Å². The number of anilines is 2. The van der Waals surface area contributed by atoms with Crippen molar-refractivity contribution >= 4 is 22.3 Å². The Morgan fingerprint density at radius 2 is 2.16 bits per heavy atom. The molecule has 2 unspecified atom stereocenters. The lowest BCUT2D eigenvalue weighted by Crippen LogP contribution is -2.61. The Kier molecular flexibility index (Phi) is 5.86. The molecule has 10 heteroatoms. The molecule has 3 aromatic rings. The van der Waals surface area contributed by atoms with E-state index in [9.17, 15) is 9.50 Å². The number of fused-ring (bicyclic) bond motifs is 6. The van der Waals surface area contributed by atoms with E-state index >= 15 is 4.39 Å². The molecule has 43 heavy (non-hydrogen) atoms. The molecule has 0 aliphatic carbocycles. The minimum Gasteiger partial charge on any atom is -0.508 e. The number of ether oxygens (including phenoxy) is 1. The van der Waals surface area contributed by atoms with Crippen molar-refractivity contribution in [1.82, 2.24) is 20.2 Å². The first-order valence-electron chi connectivity index (χ1n) is 17.1. The molecule has 9 rings (SSSR count). The van der Waals surface area contributed by atoms with Crippen LogP contribution >= 0.6 is 0 Å². The quantitative estimate of drug-likeness (QED) is 0.433. The summed E-state index contributed by atoms with van der Waals surface area (Å²) in [6, 6.07) is 7.36. The van der Waals surface area contributed by atoms with Gasteiger partial charge in [-0.15, -0.1) is 0 Å². The number of aromatic nitrogens is 2. The lowest BCUT2D eigenvalue weighted by Gasteiger charge is -2.47. The number of piperazine rings is 1. The molecule has 6 aliphatic heterocycles. The van der Waals surface area contributed by atoms with Crippen LogP contribution in [0.5, 0.6) is 11.8 Å². The van der Waals surface area contributed by atoms with Gasteiger partial charge in [0.05, 0.1) is 19.1 Å². The van der Waals surface area contributed by atoms with E-state index in [1.165, 1.54) is 11.0 Å². The Hall–Kier alpha value is -3.24. The second-order valence-electron chi connectivity index (χ2n) is 12.8.